The summed E-state index contributed by atoms with van der Waals surface area (Å²) in [4.78, 5) is 46.8. The standard InChI is InChI=1S/C45H54F2N8O12S/c1-4-41(31(2)65-44(58)67-32(3)66-42(56)7-5-6-22-64-68(59,60)61)55-43(57)54(30-50-55)37-11-9-35(10-12-37)51-18-20-52(21-19-51)36-13-15-38(16-14-36)62-25-33-24-45(63-26-33,27-53-29-48-28-49-53)39-17-8-34(46)23-40(39)47/h8-17,23,28-33,41H,4-7,18-22,24-27H2,1-3H3,(H,59,60,61)/t31?,32?,33-,41+,45+/m1/s1. The molecule has 20 nitrogen and oxygen atoms in total. The monoisotopic (exact) mass is 968 g/mol. The molecule has 2 fully saturated rings. The molecule has 3 aromatic carbocycles. The third kappa shape index (κ3) is 12.8. The third-order valence-corrected chi connectivity index (χ3v) is 12.3. The maximum Gasteiger partial charge on any atom is 0.511 e. The Balaban J connectivity index is 0.855. The van der Waals surface area contributed by atoms with E-state index in [4.69, 9.17) is 28.2 Å². The average Bonchev–Trinajstić information content (AvgIpc) is 4.07. The van der Waals surface area contributed by atoms with Gasteiger partial charge in [-0.2, -0.15) is 18.6 Å². The van der Waals surface area contributed by atoms with Crippen LogP contribution in [0, 0.1) is 17.6 Å². The molecule has 68 heavy (non-hydrogen) atoms. The molecule has 0 spiro atoms. The second-order valence-electron chi connectivity index (χ2n) is 16.5. The van der Waals surface area contributed by atoms with Crippen LogP contribution >= 0.6 is 0 Å². The first-order valence-corrected chi connectivity index (χ1v) is 23.6. The largest absolute Gasteiger partial charge is 0.511 e. The van der Waals surface area contributed by atoms with Gasteiger partial charge < -0.3 is 33.5 Å². The third-order valence-electron chi connectivity index (χ3n) is 11.8. The van der Waals surface area contributed by atoms with Gasteiger partial charge in [0.2, 0.25) is 6.29 Å². The number of hydrogen-bond donors (Lipinski definition) is 1. The first-order valence-electron chi connectivity index (χ1n) is 22.2. The van der Waals surface area contributed by atoms with E-state index in [2.05, 4.69) is 29.2 Å². The van der Waals surface area contributed by atoms with Gasteiger partial charge in [0.25, 0.3) is 0 Å². The fourth-order valence-electron chi connectivity index (χ4n) is 8.42. The summed E-state index contributed by atoms with van der Waals surface area (Å²) in [5.74, 6) is -1.40. The van der Waals surface area contributed by atoms with Gasteiger partial charge in [-0.15, -0.1) is 0 Å². The Hall–Kier alpha value is -6.43. The van der Waals surface area contributed by atoms with Crippen LogP contribution in [0.15, 0.2) is 90.5 Å². The zero-order valence-corrected chi connectivity index (χ0v) is 38.6. The Morgan fingerprint density at radius 2 is 1.57 bits per heavy atom. The lowest BCUT2D eigenvalue weighted by atomic mass is 9.87. The first-order chi connectivity index (χ1) is 32.6. The van der Waals surface area contributed by atoms with Gasteiger partial charge in [-0.25, -0.2) is 41.5 Å². The van der Waals surface area contributed by atoms with Crippen molar-refractivity contribution >= 4 is 33.9 Å². The van der Waals surface area contributed by atoms with E-state index in [9.17, 15) is 27.2 Å². The number of ether oxygens (including phenoxy) is 5. The van der Waals surface area contributed by atoms with Crippen LogP contribution in [0.3, 0.4) is 0 Å². The molecule has 7 rings (SSSR count). The summed E-state index contributed by atoms with van der Waals surface area (Å²) in [5.41, 5.74) is 1.44. The normalized spacial score (nSPS) is 18.8. The van der Waals surface area contributed by atoms with Crippen LogP contribution in [0.25, 0.3) is 5.69 Å². The number of carbonyl (C=O) groups is 2. The zero-order valence-electron chi connectivity index (χ0n) is 37.8. The van der Waals surface area contributed by atoms with Crippen molar-refractivity contribution in [2.24, 2.45) is 5.92 Å². The van der Waals surface area contributed by atoms with Gasteiger partial charge in [-0.05, 0) is 87.2 Å². The van der Waals surface area contributed by atoms with Crippen LogP contribution in [0.4, 0.5) is 25.0 Å². The summed E-state index contributed by atoms with van der Waals surface area (Å²) in [7, 11) is -4.56. The van der Waals surface area contributed by atoms with Crippen molar-refractivity contribution in [2.75, 3.05) is 55.8 Å². The molecule has 2 saturated heterocycles. The van der Waals surface area contributed by atoms with Crippen molar-refractivity contribution in [3.8, 4) is 11.4 Å². The predicted molar refractivity (Wildman–Crippen MR) is 240 cm³/mol. The van der Waals surface area contributed by atoms with Crippen molar-refractivity contribution in [1.82, 2.24) is 29.1 Å². The molecule has 0 bridgehead atoms. The molecular weight excluding hydrogens is 915 g/mol. The average molecular weight is 969 g/mol. The zero-order chi connectivity index (χ0) is 48.4. The van der Waals surface area contributed by atoms with E-state index in [1.807, 2.05) is 55.5 Å². The summed E-state index contributed by atoms with van der Waals surface area (Å²) in [6.45, 7) is 8.40. The van der Waals surface area contributed by atoms with Crippen LogP contribution in [0.2, 0.25) is 0 Å². The molecular formula is C45H54F2N8O12S. The van der Waals surface area contributed by atoms with Crippen LogP contribution in [0.1, 0.15) is 64.5 Å². The van der Waals surface area contributed by atoms with Gasteiger partial charge in [0.15, 0.2) is 0 Å². The number of esters is 1. The minimum absolute atomic E-state index is 0.0521. The molecule has 4 heterocycles. The van der Waals surface area contributed by atoms with E-state index in [1.165, 1.54) is 47.3 Å². The number of unbranched alkanes of at least 4 members (excludes halogenated alkanes) is 1. The summed E-state index contributed by atoms with van der Waals surface area (Å²) < 4.78 is 95.0. The van der Waals surface area contributed by atoms with Crippen molar-refractivity contribution in [1.29, 1.82) is 0 Å². The number of carbonyl (C=O) groups excluding carboxylic acids is 2. The molecule has 0 radical (unpaired) electrons. The first kappa shape index (κ1) is 49.5. The summed E-state index contributed by atoms with van der Waals surface area (Å²) in [5, 5.41) is 8.50. The summed E-state index contributed by atoms with van der Waals surface area (Å²) >= 11 is 0. The summed E-state index contributed by atoms with van der Waals surface area (Å²) in [6.07, 6.45) is 2.16. The van der Waals surface area contributed by atoms with Crippen molar-refractivity contribution < 1.29 is 59.2 Å². The molecule has 0 saturated carbocycles. The van der Waals surface area contributed by atoms with E-state index < -0.39 is 63.9 Å². The van der Waals surface area contributed by atoms with Crippen LogP contribution in [-0.4, -0.2) is 113 Å². The van der Waals surface area contributed by atoms with Gasteiger partial charge in [0.05, 0.1) is 38.1 Å². The number of aromatic nitrogens is 6. The highest BCUT2D eigenvalue weighted by Crippen LogP contribution is 2.42. The van der Waals surface area contributed by atoms with Crippen LogP contribution in [0.5, 0.6) is 5.75 Å². The van der Waals surface area contributed by atoms with Crippen molar-refractivity contribution in [3.63, 3.8) is 0 Å². The number of anilines is 2. The lowest BCUT2D eigenvalue weighted by molar-refractivity contribution is -0.169. The van der Waals surface area contributed by atoms with E-state index >= 15 is 4.39 Å². The topological polar surface area (TPSA) is 221 Å². The Morgan fingerprint density at radius 1 is 0.897 bits per heavy atom. The Labute approximate surface area is 391 Å². The molecule has 0 aliphatic carbocycles. The number of nitrogens with zero attached hydrogens (tertiary/aromatic N) is 8. The maximum absolute atomic E-state index is 15.0. The molecule has 0 amide bonds. The maximum atomic E-state index is 15.0. The fraction of sp³-hybridized carbons (Fsp3) is 0.467. The lowest BCUT2D eigenvalue weighted by Crippen LogP contribution is -2.46. The fourth-order valence-corrected chi connectivity index (χ4v) is 8.75. The van der Waals surface area contributed by atoms with Gasteiger partial charge in [0.1, 0.15) is 48.1 Å². The molecule has 5 aromatic rings. The van der Waals surface area contributed by atoms with Gasteiger partial charge >= 0.3 is 28.2 Å². The number of halogens is 2. The molecule has 2 aliphatic heterocycles. The molecule has 2 unspecified atom stereocenters. The van der Waals surface area contributed by atoms with Gasteiger partial charge in [-0.3, -0.25) is 9.35 Å². The molecule has 2 aliphatic rings. The highest BCUT2D eigenvalue weighted by atomic mass is 32.3. The van der Waals surface area contributed by atoms with Crippen LogP contribution < -0.4 is 20.2 Å². The second-order valence-corrected chi connectivity index (χ2v) is 17.6. The highest BCUT2D eigenvalue weighted by molar-refractivity contribution is 7.80. The second kappa shape index (κ2) is 22.1. The van der Waals surface area contributed by atoms with Crippen molar-refractivity contribution in [2.45, 2.75) is 83.5 Å². The molecule has 2 aromatic heterocycles. The SMILES string of the molecule is CC[C@@H](C(C)OC(=O)OC(C)OC(=O)CCCCOS(=O)(=O)O)n1ncn(-c2ccc(N3CCN(c4ccc(OC[C@@H]5CO[C@@](Cn6cncn6)(c6ccc(F)cc6F)C5)cc4)CC3)cc2)c1=O. The lowest BCUT2D eigenvalue weighted by Gasteiger charge is -2.37. The van der Waals surface area contributed by atoms with E-state index in [-0.39, 0.29) is 43.9 Å². The number of hydrogen-bond acceptors (Lipinski definition) is 16. The number of rotatable bonds is 21. The number of piperazine rings is 1. The Bertz CT molecular complexity index is 2630. The van der Waals surface area contributed by atoms with Crippen LogP contribution in [-0.2, 0) is 50.5 Å². The molecule has 23 heteroatoms. The van der Waals surface area contributed by atoms with Crippen molar-refractivity contribution in [3.05, 3.63) is 113 Å². The highest BCUT2D eigenvalue weighted by Gasteiger charge is 2.45. The minimum atomic E-state index is -4.56. The van der Waals surface area contributed by atoms with Gasteiger partial charge in [0, 0.05) is 68.4 Å². The molecule has 366 valence electrons. The Morgan fingerprint density at radius 3 is 2.21 bits per heavy atom. The smallest absolute Gasteiger partial charge is 0.493 e. The predicted octanol–water partition coefficient (Wildman–Crippen LogP) is 5.61. The number of benzene rings is 3. The van der Waals surface area contributed by atoms with E-state index in [0.29, 0.717) is 37.5 Å². The quantitative estimate of drug-likeness (QED) is 0.0408. The summed E-state index contributed by atoms with van der Waals surface area (Å²) in [6, 6.07) is 18.4. The van der Waals surface area contributed by atoms with E-state index in [0.717, 1.165) is 43.6 Å². The van der Waals surface area contributed by atoms with Gasteiger partial charge in [-0.1, -0.05) is 13.0 Å². The Kier molecular flexibility index (Phi) is 16.1. The minimum Gasteiger partial charge on any atom is -0.493 e. The molecule has 5 atom stereocenters. The molecule has 1 N–H and O–H groups in total. The van der Waals surface area contributed by atoms with E-state index in [1.54, 1.807) is 11.6 Å².